The van der Waals surface area contributed by atoms with E-state index in [0.717, 1.165) is 12.1 Å². The van der Waals surface area contributed by atoms with Crippen molar-refractivity contribution in [1.82, 2.24) is 20.2 Å². The second-order valence-electron chi connectivity index (χ2n) is 7.47. The first-order chi connectivity index (χ1) is 18.1. The Morgan fingerprint density at radius 3 is 2.26 bits per heavy atom. The van der Waals surface area contributed by atoms with Gasteiger partial charge in [0.15, 0.2) is 22.6 Å². The van der Waals surface area contributed by atoms with E-state index >= 15 is 0 Å². The molecule has 0 aliphatic rings. The Morgan fingerprint density at radius 1 is 1.00 bits per heavy atom. The number of benzene rings is 3. The van der Waals surface area contributed by atoms with Crippen LogP contribution in [0.1, 0.15) is 5.56 Å². The number of ether oxygens (including phenoxy) is 2. The Balaban J connectivity index is 1.35. The number of nitrogens with one attached hydrogen (secondary N) is 2. The monoisotopic (exact) mass is 548 g/mol. The van der Waals surface area contributed by atoms with Crippen LogP contribution < -0.4 is 20.2 Å². The molecular formula is C24H17F5N6O2S. The van der Waals surface area contributed by atoms with Gasteiger partial charge in [0.05, 0.1) is 19.0 Å². The first-order valence-corrected chi connectivity index (χ1v) is 11.0. The average Bonchev–Trinajstić information content (AvgIpc) is 3.36. The highest BCUT2D eigenvalue weighted by Crippen LogP contribution is 2.25. The van der Waals surface area contributed by atoms with Crippen molar-refractivity contribution in [3.05, 3.63) is 84.2 Å². The summed E-state index contributed by atoms with van der Waals surface area (Å²) >= 11 is 5.01. The third-order valence-corrected chi connectivity index (χ3v) is 5.06. The Morgan fingerprint density at radius 2 is 1.66 bits per heavy atom. The maximum Gasteiger partial charge on any atom is 0.573 e. The molecule has 2 N–H and O–H groups in total. The van der Waals surface area contributed by atoms with Crippen LogP contribution in [0.3, 0.4) is 0 Å². The molecule has 196 valence electrons. The Labute approximate surface area is 217 Å². The smallest absolute Gasteiger partial charge is 0.497 e. The maximum atomic E-state index is 14.0. The molecule has 0 fully saturated rings. The molecule has 0 aliphatic heterocycles. The minimum absolute atomic E-state index is 0.0291. The molecule has 8 nitrogen and oxygen atoms in total. The average molecular weight is 548 g/mol. The van der Waals surface area contributed by atoms with Crippen molar-refractivity contribution >= 4 is 29.2 Å². The second kappa shape index (κ2) is 11.2. The van der Waals surface area contributed by atoms with E-state index in [9.17, 15) is 22.0 Å². The molecule has 0 saturated heterocycles. The van der Waals surface area contributed by atoms with Gasteiger partial charge in [-0.2, -0.15) is 5.10 Å². The van der Waals surface area contributed by atoms with Gasteiger partial charge in [-0.05, 0) is 42.0 Å². The normalized spacial score (nSPS) is 11.4. The lowest BCUT2D eigenvalue weighted by molar-refractivity contribution is -0.274. The SMILES string of the molecule is COc1cc(F)c(NC(=S)NN=Cc2ccc(-c3ncn(-c4ccc(OC(F)(F)F)cc4)n3)cc2)c(F)c1. The van der Waals surface area contributed by atoms with Crippen LogP contribution in [0.2, 0.25) is 0 Å². The number of hydrazone groups is 1. The summed E-state index contributed by atoms with van der Waals surface area (Å²) in [5.41, 5.74) is 3.87. The van der Waals surface area contributed by atoms with E-state index in [-0.39, 0.29) is 16.6 Å². The van der Waals surface area contributed by atoms with E-state index in [1.54, 1.807) is 24.3 Å². The van der Waals surface area contributed by atoms with Crippen molar-refractivity contribution in [3.8, 4) is 28.6 Å². The number of thiocarbonyl (C=S) groups is 1. The first-order valence-electron chi connectivity index (χ1n) is 10.6. The molecule has 0 radical (unpaired) electrons. The highest BCUT2D eigenvalue weighted by atomic mass is 32.1. The molecule has 4 rings (SSSR count). The molecule has 38 heavy (non-hydrogen) atoms. The Bertz CT molecular complexity index is 1430. The van der Waals surface area contributed by atoms with Crippen LogP contribution in [0, 0.1) is 11.6 Å². The van der Waals surface area contributed by atoms with Crippen molar-refractivity contribution in [3.63, 3.8) is 0 Å². The predicted molar refractivity (Wildman–Crippen MR) is 133 cm³/mol. The summed E-state index contributed by atoms with van der Waals surface area (Å²) in [7, 11) is 1.29. The quantitative estimate of drug-likeness (QED) is 0.138. The van der Waals surface area contributed by atoms with Gasteiger partial charge >= 0.3 is 6.36 Å². The van der Waals surface area contributed by atoms with Crippen LogP contribution in [0.5, 0.6) is 11.5 Å². The summed E-state index contributed by atoms with van der Waals surface area (Å²) in [5, 5.41) is 10.5. The van der Waals surface area contributed by atoms with Crippen molar-refractivity contribution in [1.29, 1.82) is 0 Å². The predicted octanol–water partition coefficient (Wildman–Crippen LogP) is 5.44. The number of aromatic nitrogens is 3. The number of halogens is 5. The van der Waals surface area contributed by atoms with Gasteiger partial charge in [-0.1, -0.05) is 24.3 Å². The Hall–Kier alpha value is -4.59. The number of rotatable bonds is 7. The maximum absolute atomic E-state index is 14.0. The number of hydrogen-bond acceptors (Lipinski definition) is 6. The summed E-state index contributed by atoms with van der Waals surface area (Å²) in [5.74, 6) is -1.69. The van der Waals surface area contributed by atoms with Crippen molar-refractivity contribution < 1.29 is 31.4 Å². The minimum Gasteiger partial charge on any atom is -0.497 e. The molecule has 0 aliphatic carbocycles. The summed E-state index contributed by atoms with van der Waals surface area (Å²) in [4.78, 5) is 4.22. The zero-order valence-corrected chi connectivity index (χ0v) is 20.1. The largest absolute Gasteiger partial charge is 0.573 e. The lowest BCUT2D eigenvalue weighted by Gasteiger charge is -2.10. The molecule has 0 bridgehead atoms. The first kappa shape index (κ1) is 26.5. The fraction of sp³-hybridized carbons (Fsp3) is 0.0833. The van der Waals surface area contributed by atoms with Crippen LogP contribution in [0.4, 0.5) is 27.6 Å². The Kier molecular flexibility index (Phi) is 7.81. The molecule has 0 saturated carbocycles. The van der Waals surface area contributed by atoms with Crippen molar-refractivity contribution in [2.24, 2.45) is 5.10 Å². The standard InChI is InChI=1S/C24H17F5N6O2S/c1-36-18-10-19(25)21(20(26)11-18)32-23(38)33-31-12-14-2-4-15(5-3-14)22-30-13-35(34-22)16-6-8-17(9-7-16)37-24(27,28)29/h2-13H,1H3,(H2,32,33,38). The molecule has 0 spiro atoms. The molecule has 0 atom stereocenters. The van der Waals surface area contributed by atoms with Gasteiger partial charge in [0.25, 0.3) is 0 Å². The zero-order valence-electron chi connectivity index (χ0n) is 19.3. The number of nitrogens with zero attached hydrogens (tertiary/aromatic N) is 4. The van der Waals surface area contributed by atoms with Gasteiger partial charge in [-0.15, -0.1) is 18.3 Å². The third-order valence-electron chi connectivity index (χ3n) is 4.87. The number of alkyl halides is 3. The highest BCUT2D eigenvalue weighted by molar-refractivity contribution is 7.80. The van der Waals surface area contributed by atoms with Gasteiger partial charge in [-0.3, -0.25) is 5.43 Å². The van der Waals surface area contributed by atoms with E-state index in [4.69, 9.17) is 17.0 Å². The van der Waals surface area contributed by atoms with E-state index in [2.05, 4.69) is 30.7 Å². The van der Waals surface area contributed by atoms with Crippen molar-refractivity contribution in [2.75, 3.05) is 12.4 Å². The molecule has 0 unspecified atom stereocenters. The van der Waals surface area contributed by atoms with Crippen LogP contribution in [0.25, 0.3) is 17.1 Å². The van der Waals surface area contributed by atoms with Crippen LogP contribution in [-0.2, 0) is 0 Å². The van der Waals surface area contributed by atoms with E-state index in [1.165, 1.54) is 48.6 Å². The van der Waals surface area contributed by atoms with Gasteiger partial charge in [0.1, 0.15) is 23.5 Å². The van der Waals surface area contributed by atoms with Gasteiger partial charge < -0.3 is 14.8 Å². The number of hydrogen-bond donors (Lipinski definition) is 2. The molecular weight excluding hydrogens is 531 g/mol. The summed E-state index contributed by atoms with van der Waals surface area (Å²) in [6.07, 6.45) is -1.90. The van der Waals surface area contributed by atoms with Crippen molar-refractivity contribution in [2.45, 2.75) is 6.36 Å². The van der Waals surface area contributed by atoms with Gasteiger partial charge in [-0.25, -0.2) is 18.4 Å². The fourth-order valence-corrected chi connectivity index (χ4v) is 3.29. The highest BCUT2D eigenvalue weighted by Gasteiger charge is 2.31. The zero-order chi connectivity index (χ0) is 27.3. The molecule has 1 heterocycles. The van der Waals surface area contributed by atoms with Crippen LogP contribution in [0.15, 0.2) is 72.1 Å². The topological polar surface area (TPSA) is 85.6 Å². The summed E-state index contributed by atoms with van der Waals surface area (Å²) < 4.78 is 75.1. The lowest BCUT2D eigenvalue weighted by Crippen LogP contribution is -2.25. The molecule has 0 amide bonds. The van der Waals surface area contributed by atoms with Gasteiger partial charge in [0.2, 0.25) is 0 Å². The van der Waals surface area contributed by atoms with E-state index < -0.39 is 23.7 Å². The number of methoxy groups -OCH3 is 1. The summed E-state index contributed by atoms with van der Waals surface area (Å²) in [6, 6.07) is 14.1. The molecule has 3 aromatic carbocycles. The third kappa shape index (κ3) is 6.79. The molecule has 1 aromatic heterocycles. The van der Waals surface area contributed by atoms with E-state index in [1.807, 2.05) is 0 Å². The fourth-order valence-electron chi connectivity index (χ4n) is 3.13. The lowest BCUT2D eigenvalue weighted by atomic mass is 10.1. The molecule has 14 heteroatoms. The second-order valence-corrected chi connectivity index (χ2v) is 7.87. The van der Waals surface area contributed by atoms with Crippen LogP contribution >= 0.6 is 12.2 Å². The summed E-state index contributed by atoms with van der Waals surface area (Å²) in [6.45, 7) is 0. The van der Waals surface area contributed by atoms with E-state index in [0.29, 0.717) is 22.6 Å². The molecule has 4 aromatic rings. The van der Waals surface area contributed by atoms with Gasteiger partial charge in [0, 0.05) is 17.7 Å². The minimum atomic E-state index is -4.77. The van der Waals surface area contributed by atoms with Crippen LogP contribution in [-0.4, -0.2) is 39.6 Å². The number of anilines is 1.